The molecule has 0 heterocycles. The van der Waals surface area contributed by atoms with Crippen LogP contribution in [-0.4, -0.2) is 11.2 Å². The molecule has 1 aromatic carbocycles. The Morgan fingerprint density at radius 2 is 2.13 bits per heavy atom. The molecule has 2 nitrogen and oxygen atoms in total. The highest BCUT2D eigenvalue weighted by Crippen LogP contribution is 2.25. The zero-order chi connectivity index (χ0) is 11.4. The summed E-state index contributed by atoms with van der Waals surface area (Å²) in [5.74, 6) is -0.0615. The maximum absolute atomic E-state index is 11.1. The third kappa shape index (κ3) is 3.67. The standard InChI is InChI=1S/C10H10BrCl2NO/c1-6(14-10(15)5-11)7-2-3-8(12)9(13)4-7/h2-4,6H,5H2,1H3,(H,14,15)/t6-/m0/s1. The first-order valence-electron chi connectivity index (χ1n) is 4.35. The Bertz CT molecular complexity index is 370. The van der Waals surface area contributed by atoms with Crippen molar-refractivity contribution >= 4 is 45.0 Å². The van der Waals surface area contributed by atoms with Crippen LogP contribution in [0.1, 0.15) is 18.5 Å². The molecule has 1 atom stereocenters. The number of carbonyl (C=O) groups is 1. The number of nitrogens with one attached hydrogen (secondary N) is 1. The monoisotopic (exact) mass is 309 g/mol. The molecule has 0 saturated heterocycles. The first-order valence-corrected chi connectivity index (χ1v) is 6.22. The Kier molecular flexibility index (Phi) is 4.90. The fraction of sp³-hybridized carbons (Fsp3) is 0.300. The molecule has 0 aliphatic rings. The molecular weight excluding hydrogens is 301 g/mol. The second kappa shape index (κ2) is 5.73. The van der Waals surface area contributed by atoms with Gasteiger partial charge in [-0.1, -0.05) is 45.2 Å². The van der Waals surface area contributed by atoms with Crippen LogP contribution in [0.2, 0.25) is 10.0 Å². The molecule has 0 unspecified atom stereocenters. The molecule has 5 heteroatoms. The SMILES string of the molecule is C[C@H](NC(=O)CBr)c1ccc(Cl)c(Cl)c1. The highest BCUT2D eigenvalue weighted by molar-refractivity contribution is 9.09. The van der Waals surface area contributed by atoms with Crippen molar-refractivity contribution in [3.05, 3.63) is 33.8 Å². The average Bonchev–Trinajstić information content (AvgIpc) is 2.21. The van der Waals surface area contributed by atoms with Crippen LogP contribution >= 0.6 is 39.1 Å². The van der Waals surface area contributed by atoms with Gasteiger partial charge in [0.2, 0.25) is 5.91 Å². The van der Waals surface area contributed by atoms with Crippen LogP contribution in [0.3, 0.4) is 0 Å². The van der Waals surface area contributed by atoms with Crippen molar-refractivity contribution in [3.63, 3.8) is 0 Å². The van der Waals surface area contributed by atoms with Crippen molar-refractivity contribution in [2.75, 3.05) is 5.33 Å². The van der Waals surface area contributed by atoms with Gasteiger partial charge in [-0.25, -0.2) is 0 Å². The first kappa shape index (κ1) is 12.8. The van der Waals surface area contributed by atoms with Crippen molar-refractivity contribution < 1.29 is 4.79 Å². The molecule has 1 rings (SSSR count). The van der Waals surface area contributed by atoms with E-state index < -0.39 is 0 Å². The highest BCUT2D eigenvalue weighted by Gasteiger charge is 2.09. The minimum Gasteiger partial charge on any atom is -0.349 e. The third-order valence-electron chi connectivity index (χ3n) is 1.94. The van der Waals surface area contributed by atoms with Gasteiger partial charge < -0.3 is 5.32 Å². The van der Waals surface area contributed by atoms with Crippen LogP contribution in [0.4, 0.5) is 0 Å². The minimum absolute atomic E-state index is 0.0615. The van der Waals surface area contributed by atoms with Gasteiger partial charge in [-0.2, -0.15) is 0 Å². The van der Waals surface area contributed by atoms with Gasteiger partial charge >= 0.3 is 0 Å². The van der Waals surface area contributed by atoms with E-state index in [0.717, 1.165) is 5.56 Å². The first-order chi connectivity index (χ1) is 7.04. The molecule has 0 fully saturated rings. The lowest BCUT2D eigenvalue weighted by Crippen LogP contribution is -2.27. The molecule has 1 N–H and O–H groups in total. The molecule has 15 heavy (non-hydrogen) atoms. The summed E-state index contributed by atoms with van der Waals surface area (Å²) in [6.07, 6.45) is 0. The number of carbonyl (C=O) groups excluding carboxylic acids is 1. The number of hydrogen-bond donors (Lipinski definition) is 1. The van der Waals surface area contributed by atoms with Crippen molar-refractivity contribution in [2.45, 2.75) is 13.0 Å². The Hall–Kier alpha value is -0.250. The Balaban J connectivity index is 2.78. The number of rotatable bonds is 3. The van der Waals surface area contributed by atoms with Gasteiger partial charge in [0.25, 0.3) is 0 Å². The van der Waals surface area contributed by atoms with E-state index in [4.69, 9.17) is 23.2 Å². The summed E-state index contributed by atoms with van der Waals surface area (Å²) in [6, 6.07) is 5.23. The summed E-state index contributed by atoms with van der Waals surface area (Å²) in [5, 5.41) is 4.10. The summed E-state index contributed by atoms with van der Waals surface area (Å²) in [4.78, 5) is 11.1. The largest absolute Gasteiger partial charge is 0.349 e. The normalized spacial score (nSPS) is 12.3. The molecule has 0 aliphatic carbocycles. The number of hydrogen-bond acceptors (Lipinski definition) is 1. The molecule has 0 bridgehead atoms. The van der Waals surface area contributed by atoms with E-state index in [1.54, 1.807) is 12.1 Å². The second-order valence-corrected chi connectivity index (χ2v) is 4.47. The fourth-order valence-corrected chi connectivity index (χ4v) is 1.61. The zero-order valence-electron chi connectivity index (χ0n) is 8.06. The van der Waals surface area contributed by atoms with Crippen LogP contribution in [0.15, 0.2) is 18.2 Å². The molecule has 82 valence electrons. The van der Waals surface area contributed by atoms with Crippen LogP contribution < -0.4 is 5.32 Å². The zero-order valence-corrected chi connectivity index (χ0v) is 11.2. The highest BCUT2D eigenvalue weighted by atomic mass is 79.9. The predicted molar refractivity (Wildman–Crippen MR) is 66.8 cm³/mol. The smallest absolute Gasteiger partial charge is 0.231 e. The maximum atomic E-state index is 11.1. The number of halogens is 3. The molecule has 0 aliphatic heterocycles. The topological polar surface area (TPSA) is 29.1 Å². The van der Waals surface area contributed by atoms with Crippen molar-refractivity contribution in [1.29, 1.82) is 0 Å². The second-order valence-electron chi connectivity index (χ2n) is 3.10. The van der Waals surface area contributed by atoms with E-state index in [2.05, 4.69) is 21.2 Å². The summed E-state index contributed by atoms with van der Waals surface area (Å²) in [6.45, 7) is 1.89. The van der Waals surface area contributed by atoms with E-state index in [1.165, 1.54) is 0 Å². The van der Waals surface area contributed by atoms with E-state index in [1.807, 2.05) is 13.0 Å². The van der Waals surface area contributed by atoms with Crippen LogP contribution in [0, 0.1) is 0 Å². The molecule has 0 radical (unpaired) electrons. The average molecular weight is 311 g/mol. The lowest BCUT2D eigenvalue weighted by molar-refractivity contribution is -0.119. The quantitative estimate of drug-likeness (QED) is 0.850. The van der Waals surface area contributed by atoms with Gasteiger partial charge in [-0.15, -0.1) is 0 Å². The van der Waals surface area contributed by atoms with Gasteiger partial charge in [-0.3, -0.25) is 4.79 Å². The lowest BCUT2D eigenvalue weighted by atomic mass is 10.1. The van der Waals surface area contributed by atoms with Crippen LogP contribution in [0.25, 0.3) is 0 Å². The third-order valence-corrected chi connectivity index (χ3v) is 3.19. The van der Waals surface area contributed by atoms with Gasteiger partial charge in [0.05, 0.1) is 21.4 Å². The van der Waals surface area contributed by atoms with Crippen molar-refractivity contribution in [3.8, 4) is 0 Å². The maximum Gasteiger partial charge on any atom is 0.231 e. The Morgan fingerprint density at radius 3 is 2.67 bits per heavy atom. The number of alkyl halides is 1. The van der Waals surface area contributed by atoms with Crippen LogP contribution in [0.5, 0.6) is 0 Å². The summed E-state index contributed by atoms with van der Waals surface area (Å²) < 4.78 is 0. The summed E-state index contributed by atoms with van der Waals surface area (Å²) >= 11 is 14.7. The summed E-state index contributed by atoms with van der Waals surface area (Å²) in [7, 11) is 0. The van der Waals surface area contributed by atoms with Gasteiger partial charge in [-0.05, 0) is 24.6 Å². The molecule has 1 aromatic rings. The Morgan fingerprint density at radius 1 is 1.47 bits per heavy atom. The molecule has 0 aromatic heterocycles. The van der Waals surface area contributed by atoms with Crippen LogP contribution in [-0.2, 0) is 4.79 Å². The molecule has 0 spiro atoms. The Labute approximate surface area is 107 Å². The van der Waals surface area contributed by atoms with E-state index in [0.29, 0.717) is 15.4 Å². The lowest BCUT2D eigenvalue weighted by Gasteiger charge is -2.13. The van der Waals surface area contributed by atoms with E-state index >= 15 is 0 Å². The predicted octanol–water partition coefficient (Wildman–Crippen LogP) is 3.57. The van der Waals surface area contributed by atoms with Crippen molar-refractivity contribution in [1.82, 2.24) is 5.32 Å². The number of benzene rings is 1. The molecular formula is C10H10BrCl2NO. The summed E-state index contributed by atoms with van der Waals surface area (Å²) in [5.41, 5.74) is 0.929. The van der Waals surface area contributed by atoms with Gasteiger partial charge in [0.15, 0.2) is 0 Å². The molecule has 0 saturated carbocycles. The van der Waals surface area contributed by atoms with Crippen molar-refractivity contribution in [2.24, 2.45) is 0 Å². The fourth-order valence-electron chi connectivity index (χ4n) is 1.15. The van der Waals surface area contributed by atoms with E-state index in [9.17, 15) is 4.79 Å². The minimum atomic E-state index is -0.0789. The van der Waals surface area contributed by atoms with E-state index in [-0.39, 0.29) is 11.9 Å². The van der Waals surface area contributed by atoms with Gasteiger partial charge in [0.1, 0.15) is 0 Å². The number of amides is 1. The van der Waals surface area contributed by atoms with Gasteiger partial charge in [0, 0.05) is 0 Å². The molecule has 1 amide bonds.